The maximum Gasteiger partial charge on any atom is 0.130 e. The molecule has 0 atom stereocenters. The molecule has 0 fully saturated rings. The van der Waals surface area contributed by atoms with E-state index in [1.807, 2.05) is 48.5 Å². The Hall–Kier alpha value is -8.18. The first-order valence-corrected chi connectivity index (χ1v) is 21.7. The zero-order chi connectivity index (χ0) is 42.7. The Balaban J connectivity index is 1.08. The average molecular weight is 821 g/mol. The second kappa shape index (κ2) is 15.3. The third-order valence-corrected chi connectivity index (χ3v) is 12.9. The fourth-order valence-corrected chi connectivity index (χ4v) is 9.90. The molecule has 0 aliphatic rings. The van der Waals surface area contributed by atoms with Gasteiger partial charge in [-0.15, -0.1) is 0 Å². The molecule has 0 bridgehead atoms. The van der Waals surface area contributed by atoms with Crippen LogP contribution in [0.3, 0.4) is 0 Å². The molecule has 302 valence electrons. The van der Waals surface area contributed by atoms with Gasteiger partial charge in [0.15, 0.2) is 0 Å². The number of aliphatic hydroxyl groups is 1. The molecule has 0 aliphatic carbocycles. The average Bonchev–Trinajstić information content (AvgIpc) is 3.37. The van der Waals surface area contributed by atoms with Crippen LogP contribution in [0, 0.1) is 0 Å². The zero-order valence-corrected chi connectivity index (χ0v) is 35.1. The van der Waals surface area contributed by atoms with Crippen LogP contribution in [0.15, 0.2) is 206 Å². The Labute approximate surface area is 370 Å². The normalized spacial score (nSPS) is 11.7. The number of hydrogen-bond donors (Lipinski definition) is 1. The van der Waals surface area contributed by atoms with Crippen molar-refractivity contribution in [2.24, 2.45) is 0 Å². The van der Waals surface area contributed by atoms with Gasteiger partial charge < -0.3 is 9.84 Å². The van der Waals surface area contributed by atoms with Crippen molar-refractivity contribution in [2.45, 2.75) is 6.61 Å². The molecule has 0 spiro atoms. The van der Waals surface area contributed by atoms with E-state index >= 15 is 0 Å². The number of methoxy groups -OCH3 is 1. The van der Waals surface area contributed by atoms with Gasteiger partial charge in [-0.2, -0.15) is 0 Å². The van der Waals surface area contributed by atoms with Gasteiger partial charge in [0.25, 0.3) is 0 Å². The van der Waals surface area contributed by atoms with Crippen LogP contribution in [0.4, 0.5) is 0 Å². The molecule has 12 aromatic rings. The lowest BCUT2D eigenvalue weighted by Gasteiger charge is -2.20. The molecule has 0 saturated heterocycles. The van der Waals surface area contributed by atoms with E-state index < -0.39 is 0 Å². The number of pyridine rings is 2. The monoisotopic (exact) mass is 820 g/mol. The van der Waals surface area contributed by atoms with Crippen LogP contribution in [0.25, 0.3) is 121 Å². The van der Waals surface area contributed by atoms with Gasteiger partial charge in [0.2, 0.25) is 0 Å². The third kappa shape index (κ3) is 6.11. The molecule has 0 amide bonds. The largest absolute Gasteiger partial charge is 0.496 e. The fourth-order valence-electron chi connectivity index (χ4n) is 9.90. The van der Waals surface area contributed by atoms with Crippen LogP contribution >= 0.6 is 0 Å². The van der Waals surface area contributed by atoms with Crippen molar-refractivity contribution in [1.82, 2.24) is 9.97 Å². The first kappa shape index (κ1) is 37.6. The Morgan fingerprint density at radius 2 is 0.891 bits per heavy atom. The summed E-state index contributed by atoms with van der Waals surface area (Å²) in [6.07, 6.45) is 0. The number of hydrogen-bond acceptors (Lipinski definition) is 4. The van der Waals surface area contributed by atoms with E-state index in [0.29, 0.717) is 5.75 Å². The van der Waals surface area contributed by atoms with Crippen molar-refractivity contribution in [3.05, 3.63) is 212 Å². The van der Waals surface area contributed by atoms with Gasteiger partial charge in [-0.05, 0) is 106 Å². The minimum Gasteiger partial charge on any atom is -0.496 e. The maximum atomic E-state index is 10.6. The van der Waals surface area contributed by atoms with E-state index in [0.717, 1.165) is 61.0 Å². The summed E-state index contributed by atoms with van der Waals surface area (Å²) in [6.45, 7) is -0.132. The van der Waals surface area contributed by atoms with Crippen LogP contribution in [0.1, 0.15) is 5.56 Å². The first-order chi connectivity index (χ1) is 31.6. The Kier molecular flexibility index (Phi) is 8.99. The summed E-state index contributed by atoms with van der Waals surface area (Å²) >= 11 is 0. The lowest BCUT2D eigenvalue weighted by molar-refractivity contribution is 0.283. The van der Waals surface area contributed by atoms with E-state index in [1.165, 1.54) is 65.3 Å². The predicted molar refractivity (Wildman–Crippen MR) is 267 cm³/mol. The molecular formula is C60H40N2O2. The Morgan fingerprint density at radius 1 is 0.375 bits per heavy atom. The second-order valence-corrected chi connectivity index (χ2v) is 16.4. The summed E-state index contributed by atoms with van der Waals surface area (Å²) in [7, 11) is 1.67. The molecule has 2 heterocycles. The van der Waals surface area contributed by atoms with E-state index in [-0.39, 0.29) is 6.61 Å². The molecule has 12 rings (SSSR count). The van der Waals surface area contributed by atoms with Gasteiger partial charge in [-0.3, -0.25) is 0 Å². The summed E-state index contributed by atoms with van der Waals surface area (Å²) in [5.41, 5.74) is 12.9. The number of rotatable bonds is 7. The lowest BCUT2D eigenvalue weighted by Crippen LogP contribution is -1.97. The molecule has 0 aliphatic heterocycles. The predicted octanol–water partition coefficient (Wildman–Crippen LogP) is 15.2. The topological polar surface area (TPSA) is 55.2 Å². The van der Waals surface area contributed by atoms with Crippen LogP contribution in [-0.2, 0) is 6.61 Å². The van der Waals surface area contributed by atoms with Gasteiger partial charge in [0.05, 0.1) is 30.6 Å². The summed E-state index contributed by atoms with van der Waals surface area (Å²) in [6, 6.07) is 73.4. The number of fused-ring (bicyclic) bond motifs is 7. The third-order valence-electron chi connectivity index (χ3n) is 12.9. The molecular weight excluding hydrogens is 781 g/mol. The van der Waals surface area contributed by atoms with Gasteiger partial charge >= 0.3 is 0 Å². The quantitative estimate of drug-likeness (QED) is 0.129. The highest BCUT2D eigenvalue weighted by Gasteiger charge is 2.21. The van der Waals surface area contributed by atoms with E-state index in [9.17, 15) is 5.11 Å². The molecule has 10 aromatic carbocycles. The van der Waals surface area contributed by atoms with Crippen molar-refractivity contribution in [3.8, 4) is 61.6 Å². The number of nitrogens with zero attached hydrogens (tertiary/aromatic N) is 2. The van der Waals surface area contributed by atoms with Gasteiger partial charge in [0.1, 0.15) is 11.3 Å². The minimum atomic E-state index is -0.132. The molecule has 2 aromatic heterocycles. The van der Waals surface area contributed by atoms with Gasteiger partial charge in [-0.1, -0.05) is 176 Å². The molecule has 64 heavy (non-hydrogen) atoms. The van der Waals surface area contributed by atoms with Crippen molar-refractivity contribution in [3.63, 3.8) is 0 Å². The molecule has 4 heteroatoms. The number of aliphatic hydroxyl groups excluding tert-OH is 1. The summed E-state index contributed by atoms with van der Waals surface area (Å²) in [5, 5.41) is 22.0. The van der Waals surface area contributed by atoms with Gasteiger partial charge in [-0.25, -0.2) is 9.97 Å². The van der Waals surface area contributed by atoms with Crippen molar-refractivity contribution in [2.75, 3.05) is 7.11 Å². The SMILES string of the molecule is COc1cc(-c2ccccc2)nc2c1cc(CO)c1ccc(-c3cccc(-c4ccc5c(-c6cccc7ccccc67)c6ccccc6c(-c6cccc7ccccc67)c5c4)c3)nc12. The highest BCUT2D eigenvalue weighted by atomic mass is 16.5. The Bertz CT molecular complexity index is 3810. The summed E-state index contributed by atoms with van der Waals surface area (Å²) < 4.78 is 5.93. The molecule has 0 unspecified atom stereocenters. The molecule has 4 nitrogen and oxygen atoms in total. The zero-order valence-electron chi connectivity index (χ0n) is 35.1. The molecule has 1 N–H and O–H groups in total. The van der Waals surface area contributed by atoms with Crippen LogP contribution in [0.2, 0.25) is 0 Å². The standard InChI is InChI=1S/C60H40N2O2/c1-64-56-35-55(39-16-3-2-4-17-39)62-60-53(56)34-43(36-63)46-30-31-54(61-59(46)60)42-21-11-20-40(32-42)41-28-29-51-52(33-41)58(48-27-13-19-38-15-6-8-23-45(38)48)50-25-10-9-24-49(50)57(51)47-26-12-18-37-14-5-7-22-44(37)47/h2-35,63H,36H2,1H3. The van der Waals surface area contributed by atoms with Crippen LogP contribution in [-0.4, -0.2) is 22.2 Å². The van der Waals surface area contributed by atoms with E-state index in [1.54, 1.807) is 7.11 Å². The minimum absolute atomic E-state index is 0.132. The van der Waals surface area contributed by atoms with Gasteiger partial charge in [0, 0.05) is 28.0 Å². The van der Waals surface area contributed by atoms with Crippen LogP contribution < -0.4 is 4.74 Å². The fraction of sp³-hybridized carbons (Fsp3) is 0.0333. The number of aromatic nitrogens is 2. The summed E-state index contributed by atoms with van der Waals surface area (Å²) in [4.78, 5) is 10.5. The maximum absolute atomic E-state index is 10.6. The van der Waals surface area contributed by atoms with Crippen molar-refractivity contribution < 1.29 is 9.84 Å². The highest BCUT2D eigenvalue weighted by molar-refractivity contribution is 6.25. The second-order valence-electron chi connectivity index (χ2n) is 16.4. The van der Waals surface area contributed by atoms with Crippen molar-refractivity contribution in [1.29, 1.82) is 0 Å². The van der Waals surface area contributed by atoms with Crippen molar-refractivity contribution >= 4 is 64.9 Å². The highest BCUT2D eigenvalue weighted by Crippen LogP contribution is 2.48. The smallest absolute Gasteiger partial charge is 0.130 e. The van der Waals surface area contributed by atoms with E-state index in [4.69, 9.17) is 14.7 Å². The first-order valence-electron chi connectivity index (χ1n) is 21.7. The molecule has 0 saturated carbocycles. The summed E-state index contributed by atoms with van der Waals surface area (Å²) in [5.74, 6) is 0.685. The number of ether oxygens (including phenoxy) is 1. The number of benzene rings is 10. The molecule has 0 radical (unpaired) electrons. The van der Waals surface area contributed by atoms with E-state index in [2.05, 4.69) is 158 Å². The lowest BCUT2D eigenvalue weighted by atomic mass is 9.83. The van der Waals surface area contributed by atoms with Crippen LogP contribution in [0.5, 0.6) is 5.75 Å². The Morgan fingerprint density at radius 3 is 1.58 bits per heavy atom.